The number of methoxy groups -OCH3 is 1. The molecule has 1 N–H and O–H groups in total. The molecule has 1 aliphatic rings. The number of ether oxygens (including phenoxy) is 1. The van der Waals surface area contributed by atoms with Crippen LogP contribution in [0.5, 0.6) is 5.75 Å². The van der Waals surface area contributed by atoms with Gasteiger partial charge in [-0.2, -0.15) is 0 Å². The highest BCUT2D eigenvalue weighted by molar-refractivity contribution is 5.88. The Morgan fingerprint density at radius 2 is 2.20 bits per heavy atom. The molecule has 1 heterocycles. The van der Waals surface area contributed by atoms with Gasteiger partial charge in [0.2, 0.25) is 5.91 Å². The van der Waals surface area contributed by atoms with Crippen LogP contribution < -0.4 is 4.74 Å². The lowest BCUT2D eigenvalue weighted by molar-refractivity contribution is -0.148. The quantitative estimate of drug-likeness (QED) is 0.912. The number of rotatable bonds is 4. The number of aliphatic carboxylic acids is 1. The summed E-state index contributed by atoms with van der Waals surface area (Å²) in [4.78, 5) is 25.1. The topological polar surface area (TPSA) is 66.8 Å². The molecule has 2 atom stereocenters. The lowest BCUT2D eigenvalue weighted by atomic mass is 9.99. The zero-order chi connectivity index (χ0) is 14.7. The van der Waals surface area contributed by atoms with Gasteiger partial charge in [-0.1, -0.05) is 12.1 Å². The fourth-order valence-electron chi connectivity index (χ4n) is 2.59. The third kappa shape index (κ3) is 2.76. The Balaban J connectivity index is 2.17. The average molecular weight is 277 g/mol. The van der Waals surface area contributed by atoms with E-state index in [0.29, 0.717) is 18.7 Å². The second kappa shape index (κ2) is 5.94. The largest absolute Gasteiger partial charge is 0.497 e. The minimum absolute atomic E-state index is 0.136. The molecule has 1 fully saturated rings. The van der Waals surface area contributed by atoms with Crippen LogP contribution in [0.25, 0.3) is 0 Å². The molecular formula is C15H19NO4. The van der Waals surface area contributed by atoms with E-state index in [-0.39, 0.29) is 11.8 Å². The first-order chi connectivity index (χ1) is 9.54. The van der Waals surface area contributed by atoms with Gasteiger partial charge in [-0.25, -0.2) is 4.79 Å². The van der Waals surface area contributed by atoms with Gasteiger partial charge >= 0.3 is 5.97 Å². The Kier molecular flexibility index (Phi) is 4.27. The van der Waals surface area contributed by atoms with Gasteiger partial charge < -0.3 is 14.7 Å². The molecule has 5 nitrogen and oxygen atoms in total. The molecule has 1 aliphatic heterocycles. The van der Waals surface area contributed by atoms with Crippen molar-refractivity contribution in [2.45, 2.75) is 31.7 Å². The van der Waals surface area contributed by atoms with Gasteiger partial charge in [-0.15, -0.1) is 0 Å². The molecule has 0 saturated carbocycles. The summed E-state index contributed by atoms with van der Waals surface area (Å²) in [6.45, 7) is 2.32. The number of hydrogen-bond donors (Lipinski definition) is 1. The highest BCUT2D eigenvalue weighted by Crippen LogP contribution is 2.26. The first-order valence-corrected chi connectivity index (χ1v) is 6.72. The average Bonchev–Trinajstić information content (AvgIpc) is 2.95. The van der Waals surface area contributed by atoms with Crippen LogP contribution >= 0.6 is 0 Å². The molecule has 0 aromatic heterocycles. The third-order valence-corrected chi connectivity index (χ3v) is 3.79. The maximum Gasteiger partial charge on any atom is 0.326 e. The number of nitrogens with zero attached hydrogens (tertiary/aromatic N) is 1. The van der Waals surface area contributed by atoms with Gasteiger partial charge in [0.15, 0.2) is 0 Å². The smallest absolute Gasteiger partial charge is 0.326 e. The fourth-order valence-corrected chi connectivity index (χ4v) is 2.59. The first-order valence-electron chi connectivity index (χ1n) is 6.72. The summed E-state index contributed by atoms with van der Waals surface area (Å²) in [6.07, 6.45) is 1.28. The minimum atomic E-state index is -0.923. The van der Waals surface area contributed by atoms with Crippen molar-refractivity contribution < 1.29 is 19.4 Å². The van der Waals surface area contributed by atoms with Gasteiger partial charge in [0.1, 0.15) is 11.8 Å². The molecule has 1 amide bonds. The number of likely N-dealkylation sites (tertiary alicyclic amines) is 1. The molecule has 1 aromatic carbocycles. The summed E-state index contributed by atoms with van der Waals surface area (Å²) in [5, 5.41) is 9.15. The predicted octanol–water partition coefficient (Wildman–Crippen LogP) is 1.87. The zero-order valence-electron chi connectivity index (χ0n) is 11.7. The van der Waals surface area contributed by atoms with Crippen molar-refractivity contribution in [1.82, 2.24) is 4.90 Å². The molecule has 20 heavy (non-hydrogen) atoms. The van der Waals surface area contributed by atoms with E-state index in [2.05, 4.69) is 0 Å². The number of carbonyl (C=O) groups excluding carboxylic acids is 1. The Hall–Kier alpha value is -2.04. The van der Waals surface area contributed by atoms with E-state index in [1.54, 1.807) is 14.0 Å². The second-order valence-corrected chi connectivity index (χ2v) is 5.03. The molecule has 108 valence electrons. The highest BCUT2D eigenvalue weighted by Gasteiger charge is 2.36. The summed E-state index contributed by atoms with van der Waals surface area (Å²) >= 11 is 0. The van der Waals surface area contributed by atoms with Gasteiger partial charge in [0.25, 0.3) is 0 Å². The van der Waals surface area contributed by atoms with E-state index in [1.807, 2.05) is 24.3 Å². The van der Waals surface area contributed by atoms with E-state index < -0.39 is 12.0 Å². The number of hydrogen-bond acceptors (Lipinski definition) is 3. The normalized spacial score (nSPS) is 19.7. The SMILES string of the molecule is COc1cccc(C(C)C(=O)N2CCC[C@@H]2C(=O)O)c1. The Morgan fingerprint density at radius 1 is 1.45 bits per heavy atom. The summed E-state index contributed by atoms with van der Waals surface area (Å²) in [5.74, 6) is -0.736. The van der Waals surface area contributed by atoms with Crippen LogP contribution in [-0.4, -0.2) is 41.6 Å². The van der Waals surface area contributed by atoms with E-state index in [1.165, 1.54) is 4.90 Å². The van der Waals surface area contributed by atoms with Crippen molar-refractivity contribution in [3.8, 4) is 5.75 Å². The molecule has 0 radical (unpaired) electrons. The van der Waals surface area contributed by atoms with Crippen LogP contribution in [0.3, 0.4) is 0 Å². The summed E-state index contributed by atoms with van der Waals surface area (Å²) in [6, 6.07) is 6.63. The molecule has 0 spiro atoms. The molecule has 5 heteroatoms. The van der Waals surface area contributed by atoms with Crippen LogP contribution in [0.1, 0.15) is 31.2 Å². The minimum Gasteiger partial charge on any atom is -0.497 e. The number of carboxylic acids is 1. The highest BCUT2D eigenvalue weighted by atomic mass is 16.5. The number of carboxylic acid groups (broad SMARTS) is 1. The first kappa shape index (κ1) is 14.4. The van der Waals surface area contributed by atoms with Crippen LogP contribution in [-0.2, 0) is 9.59 Å². The molecule has 1 aromatic rings. The van der Waals surface area contributed by atoms with Crippen molar-refractivity contribution in [1.29, 1.82) is 0 Å². The maximum atomic E-state index is 12.5. The van der Waals surface area contributed by atoms with Gasteiger partial charge in [0, 0.05) is 6.54 Å². The summed E-state index contributed by atoms with van der Waals surface area (Å²) in [5.41, 5.74) is 0.838. The number of benzene rings is 1. The van der Waals surface area contributed by atoms with Crippen molar-refractivity contribution >= 4 is 11.9 Å². The number of carbonyl (C=O) groups is 2. The van der Waals surface area contributed by atoms with Crippen molar-refractivity contribution in [3.05, 3.63) is 29.8 Å². The van der Waals surface area contributed by atoms with Gasteiger partial charge in [-0.05, 0) is 37.5 Å². The van der Waals surface area contributed by atoms with Crippen LogP contribution in [0, 0.1) is 0 Å². The van der Waals surface area contributed by atoms with Crippen LogP contribution in [0.2, 0.25) is 0 Å². The second-order valence-electron chi connectivity index (χ2n) is 5.03. The van der Waals surface area contributed by atoms with Gasteiger partial charge in [0.05, 0.1) is 13.0 Å². The Labute approximate surface area is 118 Å². The Bertz CT molecular complexity index is 514. The molecule has 1 saturated heterocycles. The zero-order valence-corrected chi connectivity index (χ0v) is 11.7. The predicted molar refractivity (Wildman–Crippen MR) is 73.8 cm³/mol. The van der Waals surface area contributed by atoms with Crippen molar-refractivity contribution in [2.75, 3.05) is 13.7 Å². The standard InChI is InChI=1S/C15H19NO4/c1-10(11-5-3-6-12(9-11)20-2)14(17)16-8-4-7-13(16)15(18)19/h3,5-6,9-10,13H,4,7-8H2,1-2H3,(H,18,19)/t10?,13-/m1/s1. The van der Waals surface area contributed by atoms with Crippen molar-refractivity contribution in [3.63, 3.8) is 0 Å². The van der Waals surface area contributed by atoms with E-state index in [4.69, 9.17) is 9.84 Å². The Morgan fingerprint density at radius 3 is 2.85 bits per heavy atom. The monoisotopic (exact) mass is 277 g/mol. The molecule has 1 unspecified atom stereocenters. The molecule has 2 rings (SSSR count). The molecular weight excluding hydrogens is 258 g/mol. The maximum absolute atomic E-state index is 12.5. The summed E-state index contributed by atoms with van der Waals surface area (Å²) < 4.78 is 5.15. The third-order valence-electron chi connectivity index (χ3n) is 3.79. The molecule has 0 aliphatic carbocycles. The van der Waals surface area contributed by atoms with E-state index in [9.17, 15) is 9.59 Å². The van der Waals surface area contributed by atoms with Crippen LogP contribution in [0.15, 0.2) is 24.3 Å². The molecule has 0 bridgehead atoms. The van der Waals surface area contributed by atoms with E-state index >= 15 is 0 Å². The fraction of sp³-hybridized carbons (Fsp3) is 0.467. The lowest BCUT2D eigenvalue weighted by Crippen LogP contribution is -2.42. The van der Waals surface area contributed by atoms with E-state index in [0.717, 1.165) is 12.0 Å². The van der Waals surface area contributed by atoms with Gasteiger partial charge in [-0.3, -0.25) is 4.79 Å². The summed E-state index contributed by atoms with van der Waals surface area (Å²) in [7, 11) is 1.58. The van der Waals surface area contributed by atoms with Crippen molar-refractivity contribution in [2.24, 2.45) is 0 Å². The lowest BCUT2D eigenvalue weighted by Gasteiger charge is -2.25. The van der Waals surface area contributed by atoms with Crippen LogP contribution in [0.4, 0.5) is 0 Å². The number of amides is 1.